The molecule has 1 aliphatic heterocycles. The van der Waals surface area contributed by atoms with E-state index in [1.54, 1.807) is 29.1 Å². The van der Waals surface area contributed by atoms with Crippen molar-refractivity contribution in [1.29, 1.82) is 0 Å². The Bertz CT molecular complexity index is 905. The van der Waals surface area contributed by atoms with Gasteiger partial charge in [-0.25, -0.2) is 4.68 Å². The molecule has 3 aromatic rings. The van der Waals surface area contributed by atoms with Crippen LogP contribution >= 0.6 is 0 Å². The van der Waals surface area contributed by atoms with E-state index in [9.17, 15) is 9.90 Å². The van der Waals surface area contributed by atoms with E-state index in [2.05, 4.69) is 10.4 Å². The van der Waals surface area contributed by atoms with Crippen molar-refractivity contribution < 1.29 is 14.6 Å². The Labute approximate surface area is 144 Å². The summed E-state index contributed by atoms with van der Waals surface area (Å²) in [6.45, 7) is 0.420. The highest BCUT2D eigenvalue weighted by Gasteiger charge is 2.23. The van der Waals surface area contributed by atoms with Crippen molar-refractivity contribution >= 4 is 11.6 Å². The summed E-state index contributed by atoms with van der Waals surface area (Å²) in [5.41, 5.74) is 2.46. The van der Waals surface area contributed by atoms with Crippen molar-refractivity contribution in [2.45, 2.75) is 12.5 Å². The third kappa shape index (κ3) is 2.88. The minimum Gasteiger partial charge on any atom is -0.491 e. The van der Waals surface area contributed by atoms with Crippen LogP contribution in [0.1, 0.15) is 28.6 Å². The molecule has 4 rings (SSSR count). The number of amides is 1. The third-order valence-electron chi connectivity index (χ3n) is 4.17. The van der Waals surface area contributed by atoms with Crippen LogP contribution in [0, 0.1) is 0 Å². The number of nitrogens with zero attached hydrogens (tertiary/aromatic N) is 2. The van der Waals surface area contributed by atoms with Crippen LogP contribution < -0.4 is 10.1 Å². The summed E-state index contributed by atoms with van der Waals surface area (Å²) in [5.74, 6) is 0.235. The van der Waals surface area contributed by atoms with Gasteiger partial charge in [0.25, 0.3) is 5.91 Å². The number of fused-ring (bicyclic) bond motifs is 1. The highest BCUT2D eigenvalue weighted by molar-refractivity contribution is 6.04. The number of hydrogen-bond donors (Lipinski definition) is 2. The topological polar surface area (TPSA) is 76.4 Å². The maximum absolute atomic E-state index is 12.7. The lowest BCUT2D eigenvalue weighted by atomic mass is 10.0. The van der Waals surface area contributed by atoms with Gasteiger partial charge in [0.05, 0.1) is 30.3 Å². The van der Waals surface area contributed by atoms with Gasteiger partial charge < -0.3 is 15.2 Å². The zero-order valence-electron chi connectivity index (χ0n) is 13.4. The van der Waals surface area contributed by atoms with E-state index >= 15 is 0 Å². The van der Waals surface area contributed by atoms with Crippen LogP contribution in [0.25, 0.3) is 5.69 Å². The second-order valence-electron chi connectivity index (χ2n) is 5.79. The second kappa shape index (κ2) is 6.41. The maximum Gasteiger partial charge on any atom is 0.274 e. The SMILES string of the molecule is O=C(Nc1cccc2c1OCCC2O)c1ccnn1-c1ccccc1. The first kappa shape index (κ1) is 15.4. The number of benzene rings is 2. The number of hydrogen-bond acceptors (Lipinski definition) is 4. The quantitative estimate of drug-likeness (QED) is 0.771. The lowest BCUT2D eigenvalue weighted by Crippen LogP contribution is -2.20. The molecule has 2 N–H and O–H groups in total. The van der Waals surface area contributed by atoms with Gasteiger partial charge in [-0.1, -0.05) is 30.3 Å². The molecule has 6 heteroatoms. The van der Waals surface area contributed by atoms with Crippen LogP contribution in [0.2, 0.25) is 0 Å². The highest BCUT2D eigenvalue weighted by atomic mass is 16.5. The fourth-order valence-corrected chi connectivity index (χ4v) is 2.94. The van der Waals surface area contributed by atoms with Gasteiger partial charge in [0.15, 0.2) is 0 Å². The lowest BCUT2D eigenvalue weighted by Gasteiger charge is -2.24. The van der Waals surface area contributed by atoms with Crippen LogP contribution in [-0.4, -0.2) is 27.4 Å². The zero-order valence-corrected chi connectivity index (χ0v) is 13.4. The first-order valence-electron chi connectivity index (χ1n) is 8.08. The molecule has 0 bridgehead atoms. The van der Waals surface area contributed by atoms with Crippen LogP contribution in [-0.2, 0) is 0 Å². The summed E-state index contributed by atoms with van der Waals surface area (Å²) in [5, 5.41) is 17.2. The maximum atomic E-state index is 12.7. The van der Waals surface area contributed by atoms with E-state index in [1.807, 2.05) is 36.4 Å². The summed E-state index contributed by atoms with van der Waals surface area (Å²) in [6, 6.07) is 16.5. The molecule has 0 spiro atoms. The molecule has 1 aromatic heterocycles. The molecule has 6 nitrogen and oxygen atoms in total. The van der Waals surface area contributed by atoms with E-state index in [0.717, 1.165) is 5.69 Å². The third-order valence-corrected chi connectivity index (χ3v) is 4.17. The van der Waals surface area contributed by atoms with E-state index in [1.165, 1.54) is 0 Å². The molecule has 0 saturated carbocycles. The van der Waals surface area contributed by atoms with E-state index in [-0.39, 0.29) is 5.91 Å². The predicted octanol–water partition coefficient (Wildman–Crippen LogP) is 2.94. The molecule has 25 heavy (non-hydrogen) atoms. The smallest absolute Gasteiger partial charge is 0.274 e. The zero-order chi connectivity index (χ0) is 17.2. The summed E-state index contributed by atoms with van der Waals surface area (Å²) in [7, 11) is 0. The molecule has 0 fully saturated rings. The van der Waals surface area contributed by atoms with Gasteiger partial charge in [-0.2, -0.15) is 5.10 Å². The second-order valence-corrected chi connectivity index (χ2v) is 5.79. The van der Waals surface area contributed by atoms with Gasteiger partial charge >= 0.3 is 0 Å². The van der Waals surface area contributed by atoms with Crippen LogP contribution in [0.4, 0.5) is 5.69 Å². The molecule has 1 atom stereocenters. The number of para-hydroxylation sites is 2. The molecule has 1 aliphatic rings. The Hall–Kier alpha value is -3.12. The fraction of sp³-hybridized carbons (Fsp3) is 0.158. The Morgan fingerprint density at radius 3 is 2.84 bits per heavy atom. The Morgan fingerprint density at radius 2 is 2.00 bits per heavy atom. The first-order valence-corrected chi connectivity index (χ1v) is 8.08. The van der Waals surface area contributed by atoms with Crippen molar-refractivity contribution in [2.75, 3.05) is 11.9 Å². The fourth-order valence-electron chi connectivity index (χ4n) is 2.94. The minimum absolute atomic E-state index is 0.293. The molecular weight excluding hydrogens is 318 g/mol. The Kier molecular flexibility index (Phi) is 3.95. The highest BCUT2D eigenvalue weighted by Crippen LogP contribution is 2.38. The molecule has 1 unspecified atom stereocenters. The van der Waals surface area contributed by atoms with Gasteiger partial charge in [-0.05, 0) is 24.3 Å². The number of carbonyl (C=O) groups excluding carboxylic acids is 1. The van der Waals surface area contributed by atoms with E-state index in [0.29, 0.717) is 35.7 Å². The van der Waals surface area contributed by atoms with Crippen molar-refractivity contribution in [3.63, 3.8) is 0 Å². The number of rotatable bonds is 3. The number of aliphatic hydroxyl groups excluding tert-OH is 1. The number of carbonyl (C=O) groups is 1. The minimum atomic E-state index is -0.574. The monoisotopic (exact) mass is 335 g/mol. The summed E-state index contributed by atoms with van der Waals surface area (Å²) in [4.78, 5) is 12.7. The molecule has 1 amide bonds. The number of nitrogens with one attached hydrogen (secondary N) is 1. The largest absolute Gasteiger partial charge is 0.491 e. The molecule has 2 heterocycles. The van der Waals surface area contributed by atoms with E-state index in [4.69, 9.17) is 4.74 Å². The first-order chi connectivity index (χ1) is 12.2. The van der Waals surface area contributed by atoms with Crippen LogP contribution in [0.15, 0.2) is 60.8 Å². The summed E-state index contributed by atoms with van der Waals surface area (Å²) < 4.78 is 7.24. The molecule has 0 radical (unpaired) electrons. The van der Waals surface area contributed by atoms with Gasteiger partial charge in [-0.3, -0.25) is 4.79 Å². The standard InChI is InChI=1S/C19H17N3O3/c23-17-10-12-25-18-14(17)7-4-8-15(18)21-19(24)16-9-11-20-22(16)13-5-2-1-3-6-13/h1-9,11,17,23H,10,12H2,(H,21,24). The van der Waals surface area contributed by atoms with Crippen LogP contribution in [0.5, 0.6) is 5.75 Å². The molecule has 0 aliphatic carbocycles. The molecule has 2 aromatic carbocycles. The number of aromatic nitrogens is 2. The normalized spacial score (nSPS) is 16.0. The summed E-state index contributed by atoms with van der Waals surface area (Å²) in [6.07, 6.45) is 1.56. The number of aliphatic hydroxyl groups is 1. The molecule has 126 valence electrons. The lowest BCUT2D eigenvalue weighted by molar-refractivity contribution is 0.101. The van der Waals surface area contributed by atoms with Crippen molar-refractivity contribution in [2.24, 2.45) is 0 Å². The molecule has 0 saturated heterocycles. The average molecular weight is 335 g/mol. The van der Waals surface area contributed by atoms with Gasteiger partial charge in [0, 0.05) is 12.0 Å². The molecular formula is C19H17N3O3. The predicted molar refractivity (Wildman–Crippen MR) is 93.0 cm³/mol. The Morgan fingerprint density at radius 1 is 1.16 bits per heavy atom. The van der Waals surface area contributed by atoms with Crippen LogP contribution in [0.3, 0.4) is 0 Å². The number of anilines is 1. The Balaban J connectivity index is 1.65. The van der Waals surface area contributed by atoms with Crippen molar-refractivity contribution in [1.82, 2.24) is 9.78 Å². The van der Waals surface area contributed by atoms with E-state index < -0.39 is 6.10 Å². The van der Waals surface area contributed by atoms with Crippen molar-refractivity contribution in [3.8, 4) is 11.4 Å². The van der Waals surface area contributed by atoms with Gasteiger partial charge in [-0.15, -0.1) is 0 Å². The van der Waals surface area contributed by atoms with Gasteiger partial charge in [0.1, 0.15) is 11.4 Å². The van der Waals surface area contributed by atoms with Crippen molar-refractivity contribution in [3.05, 3.63) is 72.1 Å². The van der Waals surface area contributed by atoms with Gasteiger partial charge in [0.2, 0.25) is 0 Å². The average Bonchev–Trinajstić information content (AvgIpc) is 3.13. The summed E-state index contributed by atoms with van der Waals surface area (Å²) >= 11 is 0. The number of ether oxygens (including phenoxy) is 1.